The average molecular weight is 425 g/mol. The van der Waals surface area contributed by atoms with E-state index in [-0.39, 0.29) is 70.2 Å². The van der Waals surface area contributed by atoms with E-state index < -0.39 is 20.0 Å². The molecule has 0 aromatic carbocycles. The van der Waals surface area contributed by atoms with Gasteiger partial charge in [-0.1, -0.05) is 0 Å². The van der Waals surface area contributed by atoms with Gasteiger partial charge in [-0.05, 0) is 6.42 Å². The summed E-state index contributed by atoms with van der Waals surface area (Å²) in [6.07, 6.45) is -0.00284. The molecule has 0 heterocycles. The molecule has 12 heteroatoms. The topological polar surface area (TPSA) is 141 Å². The number of sulfonamides is 2. The van der Waals surface area contributed by atoms with Gasteiger partial charge in [-0.2, -0.15) is 19.1 Å². The third-order valence-corrected chi connectivity index (χ3v) is 7.54. The molecule has 0 bridgehead atoms. The van der Waals surface area contributed by atoms with Crippen molar-refractivity contribution >= 4 is 20.0 Å². The highest BCUT2D eigenvalue weighted by Gasteiger charge is 2.25. The quantitative estimate of drug-likeness (QED) is 0.330. The maximum absolute atomic E-state index is 12.4. The van der Waals surface area contributed by atoms with E-state index in [9.17, 15) is 16.8 Å². The molecule has 0 atom stereocenters. The molecular formula is C15H28N4O6S2. The monoisotopic (exact) mass is 424 g/mol. The van der Waals surface area contributed by atoms with Gasteiger partial charge in [-0.3, -0.25) is 0 Å². The first-order valence-corrected chi connectivity index (χ1v) is 11.6. The summed E-state index contributed by atoms with van der Waals surface area (Å²) in [5.41, 5.74) is 0. The number of ether oxygens (including phenoxy) is 2. The van der Waals surface area contributed by atoms with Crippen LogP contribution in [0.1, 0.15) is 19.3 Å². The average Bonchev–Trinajstić information content (AvgIpc) is 2.61. The summed E-state index contributed by atoms with van der Waals surface area (Å²) >= 11 is 0. The fourth-order valence-corrected chi connectivity index (χ4v) is 5.36. The predicted molar refractivity (Wildman–Crippen MR) is 99.5 cm³/mol. The normalized spacial score (nSPS) is 12.2. The zero-order valence-electron chi connectivity index (χ0n) is 15.8. The van der Waals surface area contributed by atoms with E-state index in [2.05, 4.69) is 0 Å². The second-order valence-corrected chi connectivity index (χ2v) is 9.76. The third kappa shape index (κ3) is 10.6. The molecule has 0 aliphatic heterocycles. The van der Waals surface area contributed by atoms with Gasteiger partial charge < -0.3 is 9.47 Å². The molecule has 0 aromatic rings. The van der Waals surface area contributed by atoms with Crippen LogP contribution in [0.3, 0.4) is 0 Å². The first-order valence-electron chi connectivity index (χ1n) is 8.42. The molecule has 0 aromatic heterocycles. The highest BCUT2D eigenvalue weighted by Crippen LogP contribution is 2.09. The molecule has 0 rings (SSSR count). The lowest BCUT2D eigenvalue weighted by Crippen LogP contribution is -2.39. The Kier molecular flexibility index (Phi) is 13.2. The Morgan fingerprint density at radius 2 is 1.11 bits per heavy atom. The molecule has 0 fully saturated rings. The zero-order valence-corrected chi connectivity index (χ0v) is 17.5. The lowest BCUT2D eigenvalue weighted by Gasteiger charge is -2.22. The van der Waals surface area contributed by atoms with Crippen LogP contribution in [0.15, 0.2) is 0 Å². The lowest BCUT2D eigenvalue weighted by atomic mass is 10.4. The molecule has 10 nitrogen and oxygen atoms in total. The summed E-state index contributed by atoms with van der Waals surface area (Å²) in [5, 5.41) is 17.3. The van der Waals surface area contributed by atoms with Crippen LogP contribution in [0.2, 0.25) is 0 Å². The van der Waals surface area contributed by atoms with Crippen molar-refractivity contribution in [2.24, 2.45) is 0 Å². The van der Waals surface area contributed by atoms with E-state index in [1.54, 1.807) is 0 Å². The van der Waals surface area contributed by atoms with Crippen molar-refractivity contribution in [3.05, 3.63) is 0 Å². The summed E-state index contributed by atoms with van der Waals surface area (Å²) in [5.74, 6) is -0.699. The van der Waals surface area contributed by atoms with Gasteiger partial charge in [0.1, 0.15) is 0 Å². The van der Waals surface area contributed by atoms with E-state index in [1.807, 2.05) is 12.1 Å². The number of nitriles is 2. The highest BCUT2D eigenvalue weighted by atomic mass is 32.2. The van der Waals surface area contributed by atoms with Gasteiger partial charge in [0, 0.05) is 53.2 Å². The summed E-state index contributed by atoms with van der Waals surface area (Å²) in [7, 11) is -4.53. The second kappa shape index (κ2) is 13.8. The second-order valence-electron chi connectivity index (χ2n) is 5.59. The molecule has 0 spiro atoms. The van der Waals surface area contributed by atoms with Crippen molar-refractivity contribution in [3.63, 3.8) is 0 Å². The molecular weight excluding hydrogens is 396 g/mol. The Morgan fingerprint density at radius 3 is 1.41 bits per heavy atom. The van der Waals surface area contributed by atoms with Crippen molar-refractivity contribution in [2.45, 2.75) is 19.3 Å². The first-order chi connectivity index (χ1) is 12.7. The van der Waals surface area contributed by atoms with E-state index in [4.69, 9.17) is 20.0 Å². The summed E-state index contributed by atoms with van der Waals surface area (Å²) in [4.78, 5) is 0. The molecule has 0 unspecified atom stereocenters. The van der Waals surface area contributed by atoms with Crippen molar-refractivity contribution in [2.75, 3.05) is 65.1 Å². The Balaban J connectivity index is 4.89. The van der Waals surface area contributed by atoms with Gasteiger partial charge in [0.25, 0.3) is 0 Å². The first kappa shape index (κ1) is 25.7. The van der Waals surface area contributed by atoms with Gasteiger partial charge in [-0.15, -0.1) is 0 Å². The molecule has 0 radical (unpaired) electrons. The van der Waals surface area contributed by atoms with E-state index in [0.717, 1.165) is 8.61 Å². The predicted octanol–water partition coefficient (Wildman–Crippen LogP) is -0.240. The van der Waals surface area contributed by atoms with Gasteiger partial charge in [0.15, 0.2) is 0 Å². The smallest absolute Gasteiger partial charge is 0.214 e. The molecule has 0 saturated carbocycles. The van der Waals surface area contributed by atoms with Crippen molar-refractivity contribution < 1.29 is 26.3 Å². The van der Waals surface area contributed by atoms with Crippen LogP contribution in [0, 0.1) is 22.7 Å². The largest absolute Gasteiger partial charge is 0.383 e. The molecule has 156 valence electrons. The standard InChI is InChI=1S/C15H28N4O6S2/c1-24-12-10-18(8-3-6-16)26(20,21)14-5-15-27(22,23)19(9-4-7-17)11-13-25-2/h3-5,8-15H2,1-2H3. The van der Waals surface area contributed by atoms with Crippen LogP contribution in [0.5, 0.6) is 0 Å². The molecule has 0 aliphatic rings. The zero-order chi connectivity index (χ0) is 20.8. The van der Waals surface area contributed by atoms with Crippen LogP contribution in [-0.2, 0) is 29.5 Å². The van der Waals surface area contributed by atoms with Crippen LogP contribution >= 0.6 is 0 Å². The van der Waals surface area contributed by atoms with Crippen molar-refractivity contribution in [1.29, 1.82) is 10.5 Å². The van der Waals surface area contributed by atoms with Gasteiger partial charge in [0.05, 0.1) is 36.9 Å². The van der Waals surface area contributed by atoms with Crippen molar-refractivity contribution in [3.8, 4) is 12.1 Å². The van der Waals surface area contributed by atoms with E-state index >= 15 is 0 Å². The number of methoxy groups -OCH3 is 2. The summed E-state index contributed by atoms with van der Waals surface area (Å²) in [6, 6.07) is 3.79. The number of rotatable bonds is 16. The van der Waals surface area contributed by atoms with Gasteiger partial charge in [0.2, 0.25) is 20.0 Å². The summed E-state index contributed by atoms with van der Waals surface area (Å²) in [6.45, 7) is 0.656. The number of nitrogens with zero attached hydrogens (tertiary/aromatic N) is 4. The Morgan fingerprint density at radius 1 is 0.741 bits per heavy atom. The minimum absolute atomic E-state index is 0.0388. The Labute approximate surface area is 162 Å². The van der Waals surface area contributed by atoms with Gasteiger partial charge in [-0.25, -0.2) is 16.8 Å². The van der Waals surface area contributed by atoms with Gasteiger partial charge >= 0.3 is 0 Å². The van der Waals surface area contributed by atoms with Crippen molar-refractivity contribution in [1.82, 2.24) is 8.61 Å². The summed E-state index contributed by atoms with van der Waals surface area (Å²) < 4.78 is 61.8. The maximum atomic E-state index is 12.4. The molecule has 0 aliphatic carbocycles. The Hall–Kier alpha value is -1.28. The highest BCUT2D eigenvalue weighted by molar-refractivity contribution is 7.90. The fraction of sp³-hybridized carbons (Fsp3) is 0.867. The lowest BCUT2D eigenvalue weighted by molar-refractivity contribution is 0.179. The van der Waals surface area contributed by atoms with Crippen LogP contribution in [-0.4, -0.2) is 90.6 Å². The number of hydrogen-bond acceptors (Lipinski definition) is 8. The minimum atomic E-state index is -3.71. The number of hydrogen-bond donors (Lipinski definition) is 0. The maximum Gasteiger partial charge on any atom is 0.214 e. The van der Waals surface area contributed by atoms with Crippen LogP contribution < -0.4 is 0 Å². The SMILES string of the molecule is COCCN(CCC#N)S(=O)(=O)CCCS(=O)(=O)N(CCC#N)CCOC. The van der Waals surface area contributed by atoms with Crippen LogP contribution in [0.4, 0.5) is 0 Å². The third-order valence-electron chi connectivity index (χ3n) is 3.63. The minimum Gasteiger partial charge on any atom is -0.383 e. The van der Waals surface area contributed by atoms with E-state index in [1.165, 1.54) is 14.2 Å². The van der Waals surface area contributed by atoms with E-state index in [0.29, 0.717) is 0 Å². The molecule has 0 amide bonds. The Bertz CT molecular complexity index is 637. The molecule has 27 heavy (non-hydrogen) atoms. The molecule has 0 N–H and O–H groups in total. The fourth-order valence-electron chi connectivity index (χ4n) is 2.20. The molecule has 0 saturated heterocycles. The van der Waals surface area contributed by atoms with Crippen LogP contribution in [0.25, 0.3) is 0 Å².